The zero-order valence-corrected chi connectivity index (χ0v) is 13.7. The fourth-order valence-electron chi connectivity index (χ4n) is 2.48. The monoisotopic (exact) mass is 321 g/mol. The Morgan fingerprint density at radius 2 is 1.67 bits per heavy atom. The zero-order valence-electron chi connectivity index (χ0n) is 13.7. The van der Waals surface area contributed by atoms with Crippen molar-refractivity contribution in [3.8, 4) is 5.69 Å². The van der Waals surface area contributed by atoms with Gasteiger partial charge in [-0.25, -0.2) is 0 Å². The van der Waals surface area contributed by atoms with Crippen LogP contribution in [0.3, 0.4) is 0 Å². The second-order valence-corrected chi connectivity index (χ2v) is 6.05. The van der Waals surface area contributed by atoms with Crippen molar-refractivity contribution in [3.05, 3.63) is 70.6 Å². The van der Waals surface area contributed by atoms with Crippen LogP contribution in [-0.4, -0.2) is 22.2 Å². The van der Waals surface area contributed by atoms with Gasteiger partial charge < -0.3 is 5.32 Å². The van der Waals surface area contributed by atoms with Crippen molar-refractivity contribution in [1.29, 1.82) is 0 Å². The third kappa shape index (κ3) is 3.06. The highest BCUT2D eigenvalue weighted by Crippen LogP contribution is 2.15. The fraction of sp³-hybridized carbons (Fsp3) is 0.211. The lowest BCUT2D eigenvalue weighted by atomic mass is 10.1. The maximum absolute atomic E-state index is 12.7. The van der Waals surface area contributed by atoms with Crippen LogP contribution in [0.15, 0.2) is 59.4 Å². The van der Waals surface area contributed by atoms with E-state index in [0.29, 0.717) is 28.9 Å². The lowest BCUT2D eigenvalue weighted by Gasteiger charge is -2.12. The molecule has 1 N–H and O–H groups in total. The Bertz CT molecular complexity index is 930. The number of hydrogen-bond donors (Lipinski definition) is 1. The average Bonchev–Trinajstić information content (AvgIpc) is 2.61. The van der Waals surface area contributed by atoms with Crippen molar-refractivity contribution in [2.75, 3.05) is 6.54 Å². The van der Waals surface area contributed by atoms with Crippen molar-refractivity contribution >= 4 is 16.7 Å². The minimum absolute atomic E-state index is 0.239. The second kappa shape index (κ2) is 6.66. The molecule has 0 aliphatic heterocycles. The number of carbonyl (C=O) groups is 1. The summed E-state index contributed by atoms with van der Waals surface area (Å²) in [7, 11) is 0. The normalized spacial score (nSPS) is 11.0. The van der Waals surface area contributed by atoms with Gasteiger partial charge in [-0.05, 0) is 24.1 Å². The summed E-state index contributed by atoms with van der Waals surface area (Å²) in [6, 6.07) is 16.2. The number of aromatic nitrogens is 2. The molecule has 0 spiro atoms. The van der Waals surface area contributed by atoms with Gasteiger partial charge in [-0.15, -0.1) is 0 Å². The van der Waals surface area contributed by atoms with Crippen molar-refractivity contribution < 1.29 is 4.79 Å². The summed E-state index contributed by atoms with van der Waals surface area (Å²) in [5.74, 6) is 0.0600. The molecule has 1 amide bonds. The SMILES string of the molecule is CC(C)CNC(=O)c1nn(-c2ccccc2)c(=O)c2ccccc12. The summed E-state index contributed by atoms with van der Waals surface area (Å²) in [4.78, 5) is 25.3. The number of rotatable bonds is 4. The molecule has 5 heteroatoms. The molecule has 1 heterocycles. The van der Waals surface area contributed by atoms with Crippen molar-refractivity contribution in [2.24, 2.45) is 5.92 Å². The molecule has 3 aromatic rings. The minimum Gasteiger partial charge on any atom is -0.350 e. The molecular weight excluding hydrogens is 302 g/mol. The van der Waals surface area contributed by atoms with Crippen molar-refractivity contribution in [3.63, 3.8) is 0 Å². The van der Waals surface area contributed by atoms with Crippen LogP contribution in [0.25, 0.3) is 16.5 Å². The van der Waals surface area contributed by atoms with E-state index in [1.165, 1.54) is 4.68 Å². The molecular formula is C19H19N3O2. The van der Waals surface area contributed by atoms with Crippen LogP contribution in [-0.2, 0) is 0 Å². The summed E-state index contributed by atoms with van der Waals surface area (Å²) in [6.45, 7) is 4.60. The summed E-state index contributed by atoms with van der Waals surface area (Å²) in [5.41, 5.74) is 0.651. The van der Waals surface area contributed by atoms with E-state index < -0.39 is 0 Å². The topological polar surface area (TPSA) is 64.0 Å². The summed E-state index contributed by atoms with van der Waals surface area (Å²) < 4.78 is 1.28. The van der Waals surface area contributed by atoms with Gasteiger partial charge in [0.05, 0.1) is 11.1 Å². The largest absolute Gasteiger partial charge is 0.350 e. The highest BCUT2D eigenvalue weighted by molar-refractivity contribution is 6.04. The van der Waals surface area contributed by atoms with Gasteiger partial charge in [-0.2, -0.15) is 9.78 Å². The van der Waals surface area contributed by atoms with Gasteiger partial charge in [-0.3, -0.25) is 9.59 Å². The van der Waals surface area contributed by atoms with E-state index in [-0.39, 0.29) is 17.2 Å². The first-order chi connectivity index (χ1) is 11.6. The number of carbonyl (C=O) groups excluding carboxylic acids is 1. The standard InChI is InChI=1S/C19H19N3O2/c1-13(2)12-20-18(23)17-15-10-6-7-11-16(15)19(24)22(21-17)14-8-4-3-5-9-14/h3-11,13H,12H2,1-2H3,(H,20,23). The number of hydrogen-bond acceptors (Lipinski definition) is 3. The number of benzene rings is 2. The fourth-order valence-corrected chi connectivity index (χ4v) is 2.48. The number of amides is 1. The quantitative estimate of drug-likeness (QED) is 0.803. The molecule has 24 heavy (non-hydrogen) atoms. The highest BCUT2D eigenvalue weighted by atomic mass is 16.2. The van der Waals surface area contributed by atoms with Gasteiger partial charge in [0.25, 0.3) is 11.5 Å². The Balaban J connectivity index is 2.19. The third-order valence-corrected chi connectivity index (χ3v) is 3.69. The molecule has 0 unspecified atom stereocenters. The Hall–Kier alpha value is -2.95. The Labute approximate surface area is 139 Å². The van der Waals surface area contributed by atoms with E-state index >= 15 is 0 Å². The predicted molar refractivity (Wildman–Crippen MR) is 94.5 cm³/mol. The van der Waals surface area contributed by atoms with E-state index in [2.05, 4.69) is 10.4 Å². The number of nitrogens with one attached hydrogen (secondary N) is 1. The van der Waals surface area contributed by atoms with E-state index in [9.17, 15) is 9.59 Å². The minimum atomic E-state index is -0.274. The van der Waals surface area contributed by atoms with Gasteiger partial charge in [0, 0.05) is 11.9 Å². The molecule has 0 fully saturated rings. The lowest BCUT2D eigenvalue weighted by Crippen LogP contribution is -2.31. The van der Waals surface area contributed by atoms with Crippen LogP contribution in [0.1, 0.15) is 24.3 Å². The lowest BCUT2D eigenvalue weighted by molar-refractivity contribution is 0.0944. The van der Waals surface area contributed by atoms with Crippen molar-refractivity contribution in [2.45, 2.75) is 13.8 Å². The van der Waals surface area contributed by atoms with Crippen molar-refractivity contribution in [1.82, 2.24) is 15.1 Å². The molecule has 2 aromatic carbocycles. The number of nitrogens with zero attached hydrogens (tertiary/aromatic N) is 2. The molecule has 0 atom stereocenters. The van der Waals surface area contributed by atoms with E-state index in [1.807, 2.05) is 32.0 Å². The average molecular weight is 321 g/mol. The summed E-state index contributed by atoms with van der Waals surface area (Å²) >= 11 is 0. The molecule has 0 saturated heterocycles. The molecule has 0 aliphatic carbocycles. The van der Waals surface area contributed by atoms with Gasteiger partial charge >= 0.3 is 0 Å². The number of para-hydroxylation sites is 1. The first kappa shape index (κ1) is 15.9. The highest BCUT2D eigenvalue weighted by Gasteiger charge is 2.17. The summed E-state index contributed by atoms with van der Waals surface area (Å²) in [5, 5.41) is 8.26. The molecule has 0 saturated carbocycles. The van der Waals surface area contributed by atoms with Gasteiger partial charge in [0.15, 0.2) is 5.69 Å². The van der Waals surface area contributed by atoms with Crippen LogP contribution in [0.5, 0.6) is 0 Å². The summed E-state index contributed by atoms with van der Waals surface area (Å²) in [6.07, 6.45) is 0. The molecule has 1 aromatic heterocycles. The molecule has 0 bridgehead atoms. The Morgan fingerprint density at radius 1 is 1.04 bits per heavy atom. The second-order valence-electron chi connectivity index (χ2n) is 6.05. The molecule has 5 nitrogen and oxygen atoms in total. The third-order valence-electron chi connectivity index (χ3n) is 3.69. The smallest absolute Gasteiger partial charge is 0.279 e. The predicted octanol–water partition coefficient (Wildman–Crippen LogP) is 2.77. The van der Waals surface area contributed by atoms with Crippen LogP contribution in [0.2, 0.25) is 0 Å². The molecule has 0 aliphatic rings. The molecule has 122 valence electrons. The first-order valence-electron chi connectivity index (χ1n) is 7.93. The van der Waals surface area contributed by atoms with E-state index in [0.717, 1.165) is 0 Å². The number of fused-ring (bicyclic) bond motifs is 1. The van der Waals surface area contributed by atoms with Crippen LogP contribution in [0, 0.1) is 5.92 Å². The van der Waals surface area contributed by atoms with E-state index in [1.54, 1.807) is 36.4 Å². The zero-order chi connectivity index (χ0) is 17.1. The van der Waals surface area contributed by atoms with Gasteiger partial charge in [-0.1, -0.05) is 50.2 Å². The van der Waals surface area contributed by atoms with Gasteiger partial charge in [0.1, 0.15) is 0 Å². The Morgan fingerprint density at radius 3 is 2.33 bits per heavy atom. The first-order valence-corrected chi connectivity index (χ1v) is 7.93. The van der Waals surface area contributed by atoms with Crippen LogP contribution in [0.4, 0.5) is 0 Å². The van der Waals surface area contributed by atoms with Crippen LogP contribution >= 0.6 is 0 Å². The molecule has 3 rings (SSSR count). The molecule has 0 radical (unpaired) electrons. The van der Waals surface area contributed by atoms with Crippen LogP contribution < -0.4 is 10.9 Å². The maximum atomic E-state index is 12.7. The maximum Gasteiger partial charge on any atom is 0.279 e. The Kier molecular flexibility index (Phi) is 4.42. The van der Waals surface area contributed by atoms with Gasteiger partial charge in [0.2, 0.25) is 0 Å². The van der Waals surface area contributed by atoms with E-state index in [4.69, 9.17) is 0 Å².